The molecule has 0 aliphatic carbocycles. The molecule has 1 atom stereocenters. The fourth-order valence-electron chi connectivity index (χ4n) is 2.08. The van der Waals surface area contributed by atoms with Gasteiger partial charge in [0.25, 0.3) is 0 Å². The molecule has 0 aliphatic rings. The molecule has 0 aromatic carbocycles. The monoisotopic (exact) mass is 254 g/mol. The van der Waals surface area contributed by atoms with Crippen molar-refractivity contribution in [3.05, 3.63) is 15.6 Å². The van der Waals surface area contributed by atoms with E-state index in [-0.39, 0.29) is 0 Å². The Morgan fingerprint density at radius 2 is 1.94 bits per heavy atom. The molecule has 0 saturated heterocycles. The van der Waals surface area contributed by atoms with E-state index in [0.29, 0.717) is 11.5 Å². The zero-order chi connectivity index (χ0) is 13.1. The lowest BCUT2D eigenvalue weighted by molar-refractivity contribution is 0.309. The van der Waals surface area contributed by atoms with Crippen molar-refractivity contribution >= 4 is 11.3 Å². The second-order valence-electron chi connectivity index (χ2n) is 5.97. The minimum absolute atomic E-state index is 0.369. The highest BCUT2D eigenvalue weighted by Gasteiger charge is 2.19. The van der Waals surface area contributed by atoms with Crippen LogP contribution in [0.3, 0.4) is 0 Å². The molecule has 1 aromatic rings. The van der Waals surface area contributed by atoms with Crippen LogP contribution >= 0.6 is 11.3 Å². The summed E-state index contributed by atoms with van der Waals surface area (Å²) in [6.07, 6.45) is 2.25. The van der Waals surface area contributed by atoms with Crippen molar-refractivity contribution in [2.75, 3.05) is 6.54 Å². The number of hydrogen-bond donors (Lipinski definition) is 1. The van der Waals surface area contributed by atoms with Gasteiger partial charge in [0, 0.05) is 17.3 Å². The van der Waals surface area contributed by atoms with E-state index in [0.717, 1.165) is 13.0 Å². The maximum absolute atomic E-state index is 4.64. The zero-order valence-electron chi connectivity index (χ0n) is 12.1. The van der Waals surface area contributed by atoms with Crippen molar-refractivity contribution in [1.29, 1.82) is 0 Å². The van der Waals surface area contributed by atoms with Gasteiger partial charge in [0.15, 0.2) is 0 Å². The van der Waals surface area contributed by atoms with Crippen molar-refractivity contribution in [2.24, 2.45) is 5.41 Å². The minimum Gasteiger partial charge on any atom is -0.314 e. The number of rotatable bonds is 5. The highest BCUT2D eigenvalue weighted by atomic mass is 32.1. The fourth-order valence-corrected chi connectivity index (χ4v) is 3.10. The molecule has 98 valence electrons. The van der Waals surface area contributed by atoms with Gasteiger partial charge in [-0.15, -0.1) is 11.3 Å². The number of nitrogens with one attached hydrogen (secondary N) is 1. The van der Waals surface area contributed by atoms with Crippen LogP contribution in [0.4, 0.5) is 0 Å². The molecule has 17 heavy (non-hydrogen) atoms. The summed E-state index contributed by atoms with van der Waals surface area (Å²) in [5, 5.41) is 4.86. The standard InChI is InChI=1S/C14H26N2S/c1-7-15-12(9-14(4,5)6)8-13-16-10(2)11(3)17-13/h12,15H,7-9H2,1-6H3. The van der Waals surface area contributed by atoms with Crippen molar-refractivity contribution in [3.63, 3.8) is 0 Å². The summed E-state index contributed by atoms with van der Waals surface area (Å²) in [6.45, 7) is 14.4. The van der Waals surface area contributed by atoms with E-state index in [1.165, 1.54) is 22.0 Å². The zero-order valence-corrected chi connectivity index (χ0v) is 12.9. The summed E-state index contributed by atoms with van der Waals surface area (Å²) in [5.74, 6) is 0. The molecule has 0 radical (unpaired) electrons. The van der Waals surface area contributed by atoms with Crippen LogP contribution in [0.15, 0.2) is 0 Å². The van der Waals surface area contributed by atoms with E-state index in [9.17, 15) is 0 Å². The summed E-state index contributed by atoms with van der Waals surface area (Å²) in [7, 11) is 0. The van der Waals surface area contributed by atoms with Gasteiger partial charge in [-0.1, -0.05) is 27.7 Å². The first-order chi connectivity index (χ1) is 7.81. The molecular formula is C14H26N2S. The van der Waals surface area contributed by atoms with Gasteiger partial charge in [0.1, 0.15) is 0 Å². The van der Waals surface area contributed by atoms with Crippen LogP contribution in [-0.4, -0.2) is 17.6 Å². The first-order valence-corrected chi connectivity index (χ1v) is 7.29. The van der Waals surface area contributed by atoms with Crippen LogP contribution in [0, 0.1) is 19.3 Å². The van der Waals surface area contributed by atoms with Gasteiger partial charge in [-0.05, 0) is 32.2 Å². The van der Waals surface area contributed by atoms with Gasteiger partial charge < -0.3 is 5.32 Å². The lowest BCUT2D eigenvalue weighted by atomic mass is 9.87. The molecule has 0 fully saturated rings. The molecule has 0 amide bonds. The van der Waals surface area contributed by atoms with E-state index in [1.807, 2.05) is 11.3 Å². The molecular weight excluding hydrogens is 228 g/mol. The maximum Gasteiger partial charge on any atom is 0.0946 e. The molecule has 1 rings (SSSR count). The van der Waals surface area contributed by atoms with Crippen molar-refractivity contribution in [1.82, 2.24) is 10.3 Å². The van der Waals surface area contributed by atoms with Gasteiger partial charge in [-0.2, -0.15) is 0 Å². The van der Waals surface area contributed by atoms with E-state index in [1.54, 1.807) is 0 Å². The molecule has 0 saturated carbocycles. The number of hydrogen-bond acceptors (Lipinski definition) is 3. The Bertz CT molecular complexity index is 330. The number of aryl methyl sites for hydroxylation is 2. The molecule has 0 aliphatic heterocycles. The van der Waals surface area contributed by atoms with Crippen LogP contribution in [0.5, 0.6) is 0 Å². The Morgan fingerprint density at radius 3 is 2.35 bits per heavy atom. The molecule has 0 spiro atoms. The lowest BCUT2D eigenvalue weighted by Crippen LogP contribution is -2.34. The van der Waals surface area contributed by atoms with E-state index < -0.39 is 0 Å². The van der Waals surface area contributed by atoms with E-state index in [2.05, 4.69) is 51.8 Å². The molecule has 1 heterocycles. The van der Waals surface area contributed by atoms with Crippen molar-refractivity contribution < 1.29 is 0 Å². The topological polar surface area (TPSA) is 24.9 Å². The SMILES string of the molecule is CCNC(Cc1nc(C)c(C)s1)CC(C)(C)C. The van der Waals surface area contributed by atoms with Crippen LogP contribution in [0.25, 0.3) is 0 Å². The second kappa shape index (κ2) is 5.96. The predicted octanol–water partition coefficient (Wildman–Crippen LogP) is 3.72. The summed E-state index contributed by atoms with van der Waals surface area (Å²) in [6, 6.07) is 0.546. The Morgan fingerprint density at radius 1 is 1.29 bits per heavy atom. The lowest BCUT2D eigenvalue weighted by Gasteiger charge is -2.26. The largest absolute Gasteiger partial charge is 0.314 e. The Labute approximate surface area is 110 Å². The van der Waals surface area contributed by atoms with Gasteiger partial charge in [-0.3, -0.25) is 0 Å². The highest BCUT2D eigenvalue weighted by Crippen LogP contribution is 2.24. The summed E-state index contributed by atoms with van der Waals surface area (Å²) in [4.78, 5) is 5.99. The third kappa shape index (κ3) is 5.17. The Balaban J connectivity index is 2.66. The van der Waals surface area contributed by atoms with Crippen molar-refractivity contribution in [3.8, 4) is 0 Å². The van der Waals surface area contributed by atoms with Crippen molar-refractivity contribution in [2.45, 2.75) is 60.4 Å². The summed E-state index contributed by atoms with van der Waals surface area (Å²) < 4.78 is 0. The number of thiazole rings is 1. The molecule has 0 bridgehead atoms. The van der Waals surface area contributed by atoms with Crippen LogP contribution in [-0.2, 0) is 6.42 Å². The molecule has 1 N–H and O–H groups in total. The average Bonchev–Trinajstić information content (AvgIpc) is 2.43. The first-order valence-electron chi connectivity index (χ1n) is 6.48. The molecule has 2 nitrogen and oxygen atoms in total. The average molecular weight is 254 g/mol. The fraction of sp³-hybridized carbons (Fsp3) is 0.786. The van der Waals surface area contributed by atoms with Gasteiger partial charge >= 0.3 is 0 Å². The third-order valence-corrected chi connectivity index (χ3v) is 3.94. The Kier molecular flexibility index (Phi) is 5.14. The smallest absolute Gasteiger partial charge is 0.0946 e. The summed E-state index contributed by atoms with van der Waals surface area (Å²) in [5.41, 5.74) is 1.56. The predicted molar refractivity (Wildman–Crippen MR) is 76.8 cm³/mol. The van der Waals surface area contributed by atoms with Gasteiger partial charge in [0.05, 0.1) is 10.7 Å². The quantitative estimate of drug-likeness (QED) is 0.866. The van der Waals surface area contributed by atoms with E-state index in [4.69, 9.17) is 0 Å². The number of aromatic nitrogens is 1. The van der Waals surface area contributed by atoms with Crippen LogP contribution < -0.4 is 5.32 Å². The third-order valence-electron chi connectivity index (χ3n) is 2.85. The first kappa shape index (κ1) is 14.7. The van der Waals surface area contributed by atoms with Crippen LogP contribution in [0.2, 0.25) is 0 Å². The van der Waals surface area contributed by atoms with Gasteiger partial charge in [0.2, 0.25) is 0 Å². The molecule has 3 heteroatoms. The molecule has 1 unspecified atom stereocenters. The second-order valence-corrected chi connectivity index (χ2v) is 7.26. The molecule has 1 aromatic heterocycles. The summed E-state index contributed by atoms with van der Waals surface area (Å²) >= 11 is 1.84. The normalized spacial score (nSPS) is 14.0. The number of nitrogens with zero attached hydrogens (tertiary/aromatic N) is 1. The highest BCUT2D eigenvalue weighted by molar-refractivity contribution is 7.11. The van der Waals surface area contributed by atoms with E-state index >= 15 is 0 Å². The van der Waals surface area contributed by atoms with Crippen LogP contribution in [0.1, 0.15) is 49.7 Å². The number of likely N-dealkylation sites (N-methyl/N-ethyl adjacent to an activating group) is 1. The van der Waals surface area contributed by atoms with Gasteiger partial charge in [-0.25, -0.2) is 4.98 Å². The Hall–Kier alpha value is -0.410. The minimum atomic E-state index is 0.369. The maximum atomic E-state index is 4.64.